The Labute approximate surface area is 99.0 Å². The van der Waals surface area contributed by atoms with Crippen molar-refractivity contribution in [2.45, 2.75) is 18.9 Å². The van der Waals surface area contributed by atoms with Crippen LogP contribution in [0, 0.1) is 11.7 Å². The molecule has 0 aromatic heterocycles. The molecule has 1 aliphatic rings. The lowest BCUT2D eigenvalue weighted by Gasteiger charge is -2.27. The number of anilines is 1. The van der Waals surface area contributed by atoms with E-state index in [0.717, 1.165) is 24.3 Å². The van der Waals surface area contributed by atoms with Crippen LogP contribution in [-0.2, 0) is 0 Å². The molecule has 0 radical (unpaired) electrons. The highest BCUT2D eigenvalue weighted by molar-refractivity contribution is 7.99. The van der Waals surface area contributed by atoms with Gasteiger partial charge in [0.25, 0.3) is 0 Å². The lowest BCUT2D eigenvalue weighted by molar-refractivity contribution is 0.104. The Balaban J connectivity index is 2.15. The maximum atomic E-state index is 12.9. The van der Waals surface area contributed by atoms with Gasteiger partial charge in [0.1, 0.15) is 5.82 Å². The zero-order valence-electron chi connectivity index (χ0n) is 9.03. The van der Waals surface area contributed by atoms with E-state index in [4.69, 9.17) is 5.73 Å². The number of nitrogen functional groups attached to an aromatic ring is 1. The average molecular weight is 241 g/mol. The number of hydrogen-bond donors (Lipinski definition) is 2. The van der Waals surface area contributed by atoms with E-state index in [2.05, 4.69) is 0 Å². The van der Waals surface area contributed by atoms with Gasteiger partial charge in [-0.3, -0.25) is 0 Å². The predicted molar refractivity (Wildman–Crippen MR) is 65.8 cm³/mol. The van der Waals surface area contributed by atoms with Crippen molar-refractivity contribution in [2.75, 3.05) is 17.2 Å². The Hall–Kier alpha value is -0.740. The van der Waals surface area contributed by atoms with Crippen LogP contribution >= 0.6 is 11.8 Å². The molecule has 1 aromatic rings. The Morgan fingerprint density at radius 3 is 2.69 bits per heavy atom. The second-order valence-electron chi connectivity index (χ2n) is 4.17. The van der Waals surface area contributed by atoms with Crippen molar-refractivity contribution in [1.29, 1.82) is 0 Å². The van der Waals surface area contributed by atoms with Crippen LogP contribution < -0.4 is 5.73 Å². The Morgan fingerprint density at radius 2 is 2.06 bits per heavy atom. The van der Waals surface area contributed by atoms with Crippen LogP contribution in [-0.4, -0.2) is 16.6 Å². The first-order valence-electron chi connectivity index (χ1n) is 5.49. The van der Waals surface area contributed by atoms with Gasteiger partial charge in [-0.05, 0) is 42.4 Å². The number of rotatable bonds is 2. The maximum absolute atomic E-state index is 12.9. The number of aliphatic hydroxyl groups is 1. The molecule has 2 rings (SSSR count). The summed E-state index contributed by atoms with van der Waals surface area (Å²) in [6, 6.07) is 4.22. The SMILES string of the molecule is Nc1cc(F)ccc1C(O)C1CCSCC1. The van der Waals surface area contributed by atoms with Crippen molar-refractivity contribution in [3.05, 3.63) is 29.6 Å². The summed E-state index contributed by atoms with van der Waals surface area (Å²) in [4.78, 5) is 0. The van der Waals surface area contributed by atoms with Gasteiger partial charge < -0.3 is 10.8 Å². The molecule has 0 spiro atoms. The molecule has 3 N–H and O–H groups in total. The van der Waals surface area contributed by atoms with Gasteiger partial charge in [0.2, 0.25) is 0 Å². The molecular formula is C12H16FNOS. The minimum atomic E-state index is -0.554. The zero-order chi connectivity index (χ0) is 11.5. The molecule has 2 nitrogen and oxygen atoms in total. The molecule has 1 saturated heterocycles. The van der Waals surface area contributed by atoms with E-state index in [1.165, 1.54) is 12.1 Å². The van der Waals surface area contributed by atoms with Crippen LogP contribution in [0.5, 0.6) is 0 Å². The van der Waals surface area contributed by atoms with E-state index in [1.54, 1.807) is 6.07 Å². The first-order chi connectivity index (χ1) is 7.68. The fourth-order valence-corrected chi connectivity index (χ4v) is 3.24. The average Bonchev–Trinajstić information content (AvgIpc) is 2.29. The summed E-state index contributed by atoms with van der Waals surface area (Å²) in [5.74, 6) is 2.08. The van der Waals surface area contributed by atoms with Crippen molar-refractivity contribution in [3.63, 3.8) is 0 Å². The highest BCUT2D eigenvalue weighted by Crippen LogP contribution is 2.35. The van der Waals surface area contributed by atoms with Gasteiger partial charge in [0.15, 0.2) is 0 Å². The minimum absolute atomic E-state index is 0.258. The maximum Gasteiger partial charge on any atom is 0.125 e. The van der Waals surface area contributed by atoms with Crippen LogP contribution in [0.4, 0.5) is 10.1 Å². The van der Waals surface area contributed by atoms with Gasteiger partial charge in [-0.15, -0.1) is 0 Å². The van der Waals surface area contributed by atoms with E-state index in [0.29, 0.717) is 11.3 Å². The Bertz CT molecular complexity index is 366. The summed E-state index contributed by atoms with van der Waals surface area (Å²) >= 11 is 1.92. The van der Waals surface area contributed by atoms with Crippen LogP contribution in [0.1, 0.15) is 24.5 Å². The number of nitrogens with two attached hydrogens (primary N) is 1. The third-order valence-electron chi connectivity index (χ3n) is 3.08. The number of hydrogen-bond acceptors (Lipinski definition) is 3. The molecule has 1 heterocycles. The molecule has 1 unspecified atom stereocenters. The molecule has 0 amide bonds. The molecule has 88 valence electrons. The topological polar surface area (TPSA) is 46.2 Å². The molecule has 4 heteroatoms. The standard InChI is InChI=1S/C12H16FNOS/c13-9-1-2-10(11(14)7-9)12(15)8-3-5-16-6-4-8/h1-2,7-8,12,15H,3-6,14H2. The molecule has 16 heavy (non-hydrogen) atoms. The van der Waals surface area contributed by atoms with Crippen LogP contribution in [0.25, 0.3) is 0 Å². The zero-order valence-corrected chi connectivity index (χ0v) is 9.84. The third kappa shape index (κ3) is 2.50. The van der Waals surface area contributed by atoms with Gasteiger partial charge in [-0.2, -0.15) is 11.8 Å². The van der Waals surface area contributed by atoms with Crippen molar-refractivity contribution in [3.8, 4) is 0 Å². The molecular weight excluding hydrogens is 225 g/mol. The fraction of sp³-hybridized carbons (Fsp3) is 0.500. The summed E-state index contributed by atoms with van der Waals surface area (Å²) < 4.78 is 12.9. The Kier molecular flexibility index (Phi) is 3.71. The summed E-state index contributed by atoms with van der Waals surface area (Å²) in [6.45, 7) is 0. The number of benzene rings is 1. The smallest absolute Gasteiger partial charge is 0.125 e. The lowest BCUT2D eigenvalue weighted by atomic mass is 9.90. The third-order valence-corrected chi connectivity index (χ3v) is 4.13. The minimum Gasteiger partial charge on any atom is -0.398 e. The van der Waals surface area contributed by atoms with Crippen LogP contribution in [0.3, 0.4) is 0 Å². The van der Waals surface area contributed by atoms with E-state index in [-0.39, 0.29) is 11.7 Å². The predicted octanol–water partition coefficient (Wildman–Crippen LogP) is 2.58. The van der Waals surface area contributed by atoms with Gasteiger partial charge in [-0.1, -0.05) is 6.07 Å². The van der Waals surface area contributed by atoms with E-state index in [1.807, 2.05) is 11.8 Å². The van der Waals surface area contributed by atoms with Gasteiger partial charge in [0, 0.05) is 11.3 Å². The number of aliphatic hydroxyl groups excluding tert-OH is 1. The van der Waals surface area contributed by atoms with E-state index in [9.17, 15) is 9.50 Å². The lowest BCUT2D eigenvalue weighted by Crippen LogP contribution is -2.19. The summed E-state index contributed by atoms with van der Waals surface area (Å²) in [6.07, 6.45) is 1.45. The second kappa shape index (κ2) is 5.06. The van der Waals surface area contributed by atoms with E-state index < -0.39 is 6.10 Å². The summed E-state index contributed by atoms with van der Waals surface area (Å²) in [7, 11) is 0. The van der Waals surface area contributed by atoms with E-state index >= 15 is 0 Å². The monoisotopic (exact) mass is 241 g/mol. The molecule has 0 saturated carbocycles. The highest BCUT2D eigenvalue weighted by atomic mass is 32.2. The summed E-state index contributed by atoms with van der Waals surface area (Å²) in [5.41, 5.74) is 6.74. The molecule has 1 atom stereocenters. The molecule has 0 aliphatic carbocycles. The summed E-state index contributed by atoms with van der Waals surface area (Å²) in [5, 5.41) is 10.2. The number of thioether (sulfide) groups is 1. The first kappa shape index (κ1) is 11.7. The van der Waals surface area contributed by atoms with Gasteiger partial charge in [0.05, 0.1) is 6.10 Å². The van der Waals surface area contributed by atoms with Crippen molar-refractivity contribution in [2.24, 2.45) is 5.92 Å². The molecule has 1 fully saturated rings. The quantitative estimate of drug-likeness (QED) is 0.782. The van der Waals surface area contributed by atoms with Gasteiger partial charge in [-0.25, -0.2) is 4.39 Å². The van der Waals surface area contributed by atoms with Crippen LogP contribution in [0.15, 0.2) is 18.2 Å². The highest BCUT2D eigenvalue weighted by Gasteiger charge is 2.24. The molecule has 1 aromatic carbocycles. The van der Waals surface area contributed by atoms with Crippen molar-refractivity contribution < 1.29 is 9.50 Å². The largest absolute Gasteiger partial charge is 0.398 e. The fourth-order valence-electron chi connectivity index (χ4n) is 2.10. The normalized spacial score (nSPS) is 19.6. The van der Waals surface area contributed by atoms with Crippen molar-refractivity contribution in [1.82, 2.24) is 0 Å². The van der Waals surface area contributed by atoms with Crippen molar-refractivity contribution >= 4 is 17.4 Å². The Morgan fingerprint density at radius 1 is 1.38 bits per heavy atom. The second-order valence-corrected chi connectivity index (χ2v) is 5.39. The molecule has 1 aliphatic heterocycles. The first-order valence-corrected chi connectivity index (χ1v) is 6.64. The van der Waals surface area contributed by atoms with Gasteiger partial charge >= 0.3 is 0 Å². The molecule has 0 bridgehead atoms. The van der Waals surface area contributed by atoms with Crippen LogP contribution in [0.2, 0.25) is 0 Å². The number of halogens is 1.